The topological polar surface area (TPSA) is 66.9 Å². The van der Waals surface area contributed by atoms with Gasteiger partial charge in [0.05, 0.1) is 21.5 Å². The van der Waals surface area contributed by atoms with Crippen LogP contribution in [0.15, 0.2) is 46.8 Å². The number of aromatic nitrogens is 2. The lowest BCUT2D eigenvalue weighted by Gasteiger charge is -2.07. The van der Waals surface area contributed by atoms with Gasteiger partial charge in [-0.2, -0.15) is 0 Å². The highest BCUT2D eigenvalue weighted by molar-refractivity contribution is 8.01. The van der Waals surface area contributed by atoms with Crippen LogP contribution >= 0.6 is 46.3 Å². The summed E-state index contributed by atoms with van der Waals surface area (Å²) in [6.45, 7) is 0. The first-order valence-electron chi connectivity index (χ1n) is 7.24. The Balaban J connectivity index is 1.54. The number of halogens is 3. The van der Waals surface area contributed by atoms with Crippen LogP contribution in [0.2, 0.25) is 10.0 Å². The van der Waals surface area contributed by atoms with Gasteiger partial charge in [0, 0.05) is 5.69 Å². The molecule has 3 rings (SSSR count). The van der Waals surface area contributed by atoms with Gasteiger partial charge < -0.3 is 10.6 Å². The van der Waals surface area contributed by atoms with E-state index < -0.39 is 0 Å². The van der Waals surface area contributed by atoms with E-state index in [9.17, 15) is 9.18 Å². The quantitative estimate of drug-likeness (QED) is 0.510. The average molecular weight is 429 g/mol. The molecule has 2 N–H and O–H groups in total. The summed E-state index contributed by atoms with van der Waals surface area (Å²) in [5.41, 5.74) is 1.03. The number of rotatable bonds is 6. The smallest absolute Gasteiger partial charge is 0.234 e. The van der Waals surface area contributed by atoms with Crippen molar-refractivity contribution in [1.82, 2.24) is 10.2 Å². The van der Waals surface area contributed by atoms with E-state index in [1.54, 1.807) is 30.3 Å². The predicted molar refractivity (Wildman–Crippen MR) is 105 cm³/mol. The maximum Gasteiger partial charge on any atom is 0.234 e. The Hall–Kier alpha value is -1.87. The Morgan fingerprint density at radius 3 is 2.81 bits per heavy atom. The zero-order valence-electron chi connectivity index (χ0n) is 13.0. The number of benzene rings is 2. The van der Waals surface area contributed by atoms with Gasteiger partial charge in [0.1, 0.15) is 5.82 Å². The van der Waals surface area contributed by atoms with Crippen LogP contribution in [0.5, 0.6) is 0 Å². The molecule has 5 nitrogen and oxygen atoms in total. The lowest BCUT2D eigenvalue weighted by Crippen LogP contribution is -2.14. The van der Waals surface area contributed by atoms with Gasteiger partial charge in [-0.05, 0) is 30.3 Å². The van der Waals surface area contributed by atoms with Gasteiger partial charge in [0.25, 0.3) is 0 Å². The number of hydrogen-bond donors (Lipinski definition) is 2. The van der Waals surface area contributed by atoms with E-state index in [1.165, 1.54) is 35.2 Å². The highest BCUT2D eigenvalue weighted by atomic mass is 35.5. The summed E-state index contributed by atoms with van der Waals surface area (Å²) in [6.07, 6.45) is 0. The first kappa shape index (κ1) is 18.9. The number of hydrogen-bond acceptors (Lipinski definition) is 6. The highest BCUT2D eigenvalue weighted by Gasteiger charge is 2.11. The van der Waals surface area contributed by atoms with E-state index in [4.69, 9.17) is 23.2 Å². The minimum absolute atomic E-state index is 0.136. The molecule has 0 saturated carbocycles. The third kappa shape index (κ3) is 5.07. The second-order valence-electron chi connectivity index (χ2n) is 4.95. The number of anilines is 3. The minimum Gasteiger partial charge on any atom is -0.330 e. The molecule has 1 heterocycles. The minimum atomic E-state index is -0.342. The number of nitrogens with zero attached hydrogens (tertiary/aromatic N) is 2. The molecule has 26 heavy (non-hydrogen) atoms. The summed E-state index contributed by atoms with van der Waals surface area (Å²) in [6, 6.07) is 11.0. The van der Waals surface area contributed by atoms with Gasteiger partial charge in [-0.1, -0.05) is 58.4 Å². The second-order valence-corrected chi connectivity index (χ2v) is 7.93. The third-order valence-corrected chi connectivity index (χ3v) is 5.83. The van der Waals surface area contributed by atoms with E-state index in [-0.39, 0.29) is 17.5 Å². The Bertz CT molecular complexity index is 938. The van der Waals surface area contributed by atoms with Crippen molar-refractivity contribution in [1.29, 1.82) is 0 Å². The van der Waals surface area contributed by atoms with Gasteiger partial charge in [0.2, 0.25) is 11.0 Å². The third-order valence-electron chi connectivity index (χ3n) is 3.03. The number of thioether (sulfide) groups is 1. The molecular formula is C16H11Cl2FN4OS2. The molecule has 0 aliphatic carbocycles. The van der Waals surface area contributed by atoms with Crippen molar-refractivity contribution in [2.75, 3.05) is 16.4 Å². The van der Waals surface area contributed by atoms with Crippen LogP contribution in [0.25, 0.3) is 0 Å². The van der Waals surface area contributed by atoms with E-state index >= 15 is 0 Å². The van der Waals surface area contributed by atoms with Gasteiger partial charge in [-0.3, -0.25) is 4.79 Å². The van der Waals surface area contributed by atoms with E-state index in [2.05, 4.69) is 20.8 Å². The predicted octanol–water partition coefficient (Wildman–Crippen LogP) is 5.46. The van der Waals surface area contributed by atoms with Crippen LogP contribution in [-0.4, -0.2) is 21.9 Å². The first-order chi connectivity index (χ1) is 12.5. The summed E-state index contributed by atoms with van der Waals surface area (Å²) in [5.74, 6) is -0.447. The lowest BCUT2D eigenvalue weighted by atomic mass is 10.3. The molecule has 0 aliphatic heterocycles. The SMILES string of the molecule is O=C(CSc1nnc(Nc2cccc(F)c2)s1)Nc1cccc(Cl)c1Cl. The van der Waals surface area contributed by atoms with Crippen molar-refractivity contribution >= 4 is 68.7 Å². The maximum absolute atomic E-state index is 13.2. The number of carbonyl (C=O) groups is 1. The van der Waals surface area contributed by atoms with Crippen molar-refractivity contribution in [2.45, 2.75) is 4.34 Å². The fraction of sp³-hybridized carbons (Fsp3) is 0.0625. The molecule has 0 fully saturated rings. The molecule has 1 amide bonds. The van der Waals surface area contributed by atoms with Crippen LogP contribution in [0, 0.1) is 5.82 Å². The molecular weight excluding hydrogens is 418 g/mol. The van der Waals surface area contributed by atoms with Crippen molar-refractivity contribution in [3.8, 4) is 0 Å². The van der Waals surface area contributed by atoms with Crippen LogP contribution in [0.4, 0.5) is 20.9 Å². The molecule has 0 saturated heterocycles. The fourth-order valence-electron chi connectivity index (χ4n) is 1.92. The van der Waals surface area contributed by atoms with Gasteiger partial charge in [-0.25, -0.2) is 4.39 Å². The first-order valence-corrected chi connectivity index (χ1v) is 9.80. The number of carbonyl (C=O) groups excluding carboxylic acids is 1. The number of nitrogens with one attached hydrogen (secondary N) is 2. The maximum atomic E-state index is 13.2. The van der Waals surface area contributed by atoms with Crippen LogP contribution in [0.3, 0.4) is 0 Å². The van der Waals surface area contributed by atoms with E-state index in [0.717, 1.165) is 0 Å². The highest BCUT2D eigenvalue weighted by Crippen LogP contribution is 2.31. The molecule has 10 heteroatoms. The Labute approximate surface area is 166 Å². The van der Waals surface area contributed by atoms with Crippen LogP contribution in [-0.2, 0) is 4.79 Å². The van der Waals surface area contributed by atoms with Crippen molar-refractivity contribution in [2.24, 2.45) is 0 Å². The van der Waals surface area contributed by atoms with Crippen molar-refractivity contribution < 1.29 is 9.18 Å². The zero-order valence-corrected chi connectivity index (χ0v) is 16.1. The van der Waals surface area contributed by atoms with Crippen LogP contribution < -0.4 is 10.6 Å². The zero-order chi connectivity index (χ0) is 18.5. The van der Waals surface area contributed by atoms with Gasteiger partial charge in [-0.15, -0.1) is 10.2 Å². The molecule has 0 atom stereocenters. The molecule has 1 aromatic heterocycles. The summed E-state index contributed by atoms with van der Waals surface area (Å²) >= 11 is 14.5. The summed E-state index contributed by atoms with van der Waals surface area (Å²) < 4.78 is 13.8. The Morgan fingerprint density at radius 1 is 1.19 bits per heavy atom. The fourth-order valence-corrected chi connectivity index (χ4v) is 3.84. The van der Waals surface area contributed by atoms with Crippen molar-refractivity contribution in [3.05, 3.63) is 58.3 Å². The summed E-state index contributed by atoms with van der Waals surface area (Å²) in [7, 11) is 0. The number of amides is 1. The molecule has 2 aromatic carbocycles. The lowest BCUT2D eigenvalue weighted by molar-refractivity contribution is -0.113. The van der Waals surface area contributed by atoms with E-state index in [0.29, 0.717) is 30.9 Å². The average Bonchev–Trinajstić information content (AvgIpc) is 3.05. The van der Waals surface area contributed by atoms with Crippen molar-refractivity contribution in [3.63, 3.8) is 0 Å². The normalized spacial score (nSPS) is 10.6. The monoisotopic (exact) mass is 428 g/mol. The second kappa shape index (κ2) is 8.68. The molecule has 0 radical (unpaired) electrons. The molecule has 0 bridgehead atoms. The van der Waals surface area contributed by atoms with Crippen LogP contribution in [0.1, 0.15) is 0 Å². The molecule has 0 aliphatic rings. The molecule has 0 spiro atoms. The van der Waals surface area contributed by atoms with E-state index in [1.807, 2.05) is 0 Å². The Kier molecular flexibility index (Phi) is 6.31. The van der Waals surface area contributed by atoms with Gasteiger partial charge >= 0.3 is 0 Å². The molecule has 134 valence electrons. The standard InChI is InChI=1S/C16H11Cl2FN4OS2/c17-11-5-2-6-12(14(11)18)21-13(24)8-25-16-23-22-15(26-16)20-10-4-1-3-9(19)7-10/h1-7H,8H2,(H,20,22)(H,21,24). The van der Waals surface area contributed by atoms with Gasteiger partial charge in [0.15, 0.2) is 4.34 Å². The summed E-state index contributed by atoms with van der Waals surface area (Å²) in [5, 5.41) is 14.8. The largest absolute Gasteiger partial charge is 0.330 e. The summed E-state index contributed by atoms with van der Waals surface area (Å²) in [4.78, 5) is 12.1. The molecule has 3 aromatic rings. The molecule has 0 unspecified atom stereocenters. The Morgan fingerprint density at radius 2 is 2.00 bits per heavy atom.